The summed E-state index contributed by atoms with van der Waals surface area (Å²) in [4.78, 5) is 18.3. The number of sulfonamides is 1. The van der Waals surface area contributed by atoms with Gasteiger partial charge in [0.15, 0.2) is 5.03 Å². The average molecular weight is 315 g/mol. The highest BCUT2D eigenvalue weighted by Crippen LogP contribution is 2.30. The quantitative estimate of drug-likeness (QED) is 0.836. The van der Waals surface area contributed by atoms with Crippen molar-refractivity contribution in [2.45, 2.75) is 18.9 Å². The van der Waals surface area contributed by atoms with Crippen LogP contribution in [0.1, 0.15) is 21.1 Å². The third-order valence-corrected chi connectivity index (χ3v) is 4.89. The normalized spacial score (nSPS) is 11.3. The number of imidazole rings is 1. The number of aryl methyl sites for hydroxylation is 2. The summed E-state index contributed by atoms with van der Waals surface area (Å²) in [5, 5.41) is 1.62. The Morgan fingerprint density at radius 3 is 2.70 bits per heavy atom. The van der Waals surface area contributed by atoms with Gasteiger partial charge >= 0.3 is 5.97 Å². The van der Waals surface area contributed by atoms with Gasteiger partial charge in [-0.3, -0.25) is 4.72 Å². The van der Waals surface area contributed by atoms with Gasteiger partial charge in [0.05, 0.1) is 19.0 Å². The Labute approximate surface area is 120 Å². The van der Waals surface area contributed by atoms with Crippen LogP contribution in [0.5, 0.6) is 0 Å². The van der Waals surface area contributed by atoms with Crippen LogP contribution in [0.4, 0.5) is 5.69 Å². The molecule has 0 bridgehead atoms. The Hall–Kier alpha value is -1.87. The second-order valence-electron chi connectivity index (χ2n) is 4.05. The van der Waals surface area contributed by atoms with Gasteiger partial charge in [0.1, 0.15) is 10.7 Å². The summed E-state index contributed by atoms with van der Waals surface area (Å²) in [5.41, 5.74) is 0.879. The van der Waals surface area contributed by atoms with Crippen LogP contribution in [0, 0.1) is 13.8 Å². The Morgan fingerprint density at radius 2 is 2.15 bits per heavy atom. The van der Waals surface area contributed by atoms with Gasteiger partial charge in [-0.25, -0.2) is 9.78 Å². The van der Waals surface area contributed by atoms with Crippen LogP contribution in [-0.2, 0) is 14.8 Å². The Bertz CT molecular complexity index is 746. The Balaban J connectivity index is 2.39. The lowest BCUT2D eigenvalue weighted by atomic mass is 10.3. The molecule has 0 aliphatic carbocycles. The lowest BCUT2D eigenvalue weighted by Gasteiger charge is -2.08. The van der Waals surface area contributed by atoms with Crippen molar-refractivity contribution in [2.24, 2.45) is 0 Å². The third kappa shape index (κ3) is 2.68. The molecule has 9 heteroatoms. The number of H-pyrrole nitrogens is 1. The van der Waals surface area contributed by atoms with Crippen LogP contribution in [0.25, 0.3) is 0 Å². The number of nitrogens with one attached hydrogen (secondary N) is 2. The van der Waals surface area contributed by atoms with E-state index in [4.69, 9.17) is 0 Å². The monoisotopic (exact) mass is 315 g/mol. The molecule has 2 rings (SSSR count). The number of carbonyl (C=O) groups excluding carboxylic acids is 1. The molecule has 108 valence electrons. The van der Waals surface area contributed by atoms with Gasteiger partial charge in [-0.15, -0.1) is 11.3 Å². The highest BCUT2D eigenvalue weighted by Gasteiger charge is 2.23. The predicted octanol–water partition coefficient (Wildman–Crippen LogP) is 1.68. The van der Waals surface area contributed by atoms with Gasteiger partial charge in [-0.05, 0) is 24.8 Å². The lowest BCUT2D eigenvalue weighted by molar-refractivity contribution is 0.0607. The van der Waals surface area contributed by atoms with E-state index in [-0.39, 0.29) is 15.6 Å². The number of aromatic nitrogens is 2. The van der Waals surface area contributed by atoms with Crippen LogP contribution < -0.4 is 4.72 Å². The number of thiophene rings is 1. The van der Waals surface area contributed by atoms with Crippen molar-refractivity contribution in [2.75, 3.05) is 11.8 Å². The standard InChI is InChI=1S/C11H13N3O4S2/c1-6-5-19-10(11(15)18-3)9(6)14-20(16,17)8-4-12-7(2)13-8/h4-5,14H,1-3H3,(H,12,13). The van der Waals surface area contributed by atoms with E-state index in [1.54, 1.807) is 19.2 Å². The summed E-state index contributed by atoms with van der Waals surface area (Å²) < 4.78 is 31.4. The van der Waals surface area contributed by atoms with Gasteiger partial charge in [0.2, 0.25) is 0 Å². The molecule has 2 aromatic heterocycles. The number of ether oxygens (including phenoxy) is 1. The maximum absolute atomic E-state index is 12.2. The number of hydrogen-bond donors (Lipinski definition) is 2. The van der Waals surface area contributed by atoms with Crippen LogP contribution in [-0.4, -0.2) is 31.5 Å². The summed E-state index contributed by atoms with van der Waals surface area (Å²) in [7, 11) is -2.57. The topological polar surface area (TPSA) is 101 Å². The van der Waals surface area contributed by atoms with Gasteiger partial charge in [0, 0.05) is 0 Å². The maximum atomic E-state index is 12.2. The maximum Gasteiger partial charge on any atom is 0.350 e. The van der Waals surface area contributed by atoms with Crippen molar-refractivity contribution >= 4 is 33.0 Å². The van der Waals surface area contributed by atoms with Crippen molar-refractivity contribution in [3.8, 4) is 0 Å². The zero-order valence-corrected chi connectivity index (χ0v) is 12.7. The summed E-state index contributed by atoms with van der Waals surface area (Å²) >= 11 is 1.12. The van der Waals surface area contributed by atoms with Gasteiger partial charge < -0.3 is 9.72 Å². The van der Waals surface area contributed by atoms with E-state index in [1.165, 1.54) is 13.3 Å². The van der Waals surface area contributed by atoms with Gasteiger partial charge in [0.25, 0.3) is 10.0 Å². The first-order chi connectivity index (χ1) is 9.35. The minimum absolute atomic E-state index is 0.0589. The van der Waals surface area contributed by atoms with E-state index in [0.717, 1.165) is 11.3 Å². The van der Waals surface area contributed by atoms with Gasteiger partial charge in [-0.2, -0.15) is 8.42 Å². The van der Waals surface area contributed by atoms with Crippen molar-refractivity contribution in [3.05, 3.63) is 27.8 Å². The first kappa shape index (κ1) is 14.5. The number of anilines is 1. The highest BCUT2D eigenvalue weighted by atomic mass is 32.2. The van der Waals surface area contributed by atoms with Gasteiger partial charge in [-0.1, -0.05) is 0 Å². The van der Waals surface area contributed by atoms with Crippen LogP contribution in [0.15, 0.2) is 16.6 Å². The first-order valence-corrected chi connectivity index (χ1v) is 7.92. The van der Waals surface area contributed by atoms with Crippen LogP contribution in [0.2, 0.25) is 0 Å². The number of carbonyl (C=O) groups is 1. The summed E-state index contributed by atoms with van der Waals surface area (Å²) in [6.07, 6.45) is 1.22. The molecular weight excluding hydrogens is 302 g/mol. The van der Waals surface area contributed by atoms with E-state index < -0.39 is 16.0 Å². The summed E-state index contributed by atoms with van der Waals surface area (Å²) in [5.74, 6) is -0.0952. The fourth-order valence-corrected chi connectivity index (χ4v) is 3.64. The summed E-state index contributed by atoms with van der Waals surface area (Å²) in [6, 6.07) is 0. The van der Waals surface area contributed by atoms with Crippen molar-refractivity contribution < 1.29 is 17.9 Å². The molecule has 0 saturated heterocycles. The van der Waals surface area contributed by atoms with E-state index in [0.29, 0.717) is 11.4 Å². The molecule has 2 aromatic rings. The molecular formula is C11H13N3O4S2. The molecule has 0 aliphatic rings. The molecule has 0 aromatic carbocycles. The predicted molar refractivity (Wildman–Crippen MR) is 74.5 cm³/mol. The molecule has 0 aliphatic heterocycles. The van der Waals surface area contributed by atoms with Crippen LogP contribution >= 0.6 is 11.3 Å². The number of esters is 1. The number of rotatable bonds is 4. The minimum atomic E-state index is -3.82. The second-order valence-corrected chi connectivity index (χ2v) is 6.58. The highest BCUT2D eigenvalue weighted by molar-refractivity contribution is 7.92. The number of aromatic amines is 1. The molecule has 0 radical (unpaired) electrons. The largest absolute Gasteiger partial charge is 0.465 e. The summed E-state index contributed by atoms with van der Waals surface area (Å²) in [6.45, 7) is 3.35. The van der Waals surface area contributed by atoms with Crippen LogP contribution in [0.3, 0.4) is 0 Å². The van der Waals surface area contributed by atoms with E-state index in [9.17, 15) is 13.2 Å². The third-order valence-electron chi connectivity index (χ3n) is 2.55. The number of nitrogens with zero attached hydrogens (tertiary/aromatic N) is 1. The molecule has 0 unspecified atom stereocenters. The zero-order valence-electron chi connectivity index (χ0n) is 11.1. The molecule has 0 saturated carbocycles. The van der Waals surface area contributed by atoms with E-state index in [2.05, 4.69) is 19.4 Å². The zero-order chi connectivity index (χ0) is 14.9. The molecule has 0 amide bonds. The fourth-order valence-electron chi connectivity index (χ4n) is 1.54. The molecule has 20 heavy (non-hydrogen) atoms. The number of methoxy groups -OCH3 is 1. The first-order valence-electron chi connectivity index (χ1n) is 5.56. The smallest absolute Gasteiger partial charge is 0.350 e. The molecule has 0 fully saturated rings. The molecule has 0 atom stereocenters. The fraction of sp³-hybridized carbons (Fsp3) is 0.273. The Morgan fingerprint density at radius 1 is 1.45 bits per heavy atom. The second kappa shape index (κ2) is 5.25. The van der Waals surface area contributed by atoms with E-state index in [1.807, 2.05) is 0 Å². The van der Waals surface area contributed by atoms with Crippen molar-refractivity contribution in [3.63, 3.8) is 0 Å². The van der Waals surface area contributed by atoms with Crippen molar-refractivity contribution in [1.29, 1.82) is 0 Å². The average Bonchev–Trinajstić information content (AvgIpc) is 2.97. The number of hydrogen-bond acceptors (Lipinski definition) is 6. The SMILES string of the molecule is COC(=O)c1scc(C)c1NS(=O)(=O)c1cnc(C)[nH]1. The van der Waals surface area contributed by atoms with Crippen molar-refractivity contribution in [1.82, 2.24) is 9.97 Å². The van der Waals surface area contributed by atoms with E-state index >= 15 is 0 Å². The Kier molecular flexibility index (Phi) is 3.82. The molecule has 2 heterocycles. The minimum Gasteiger partial charge on any atom is -0.465 e. The molecule has 2 N–H and O–H groups in total. The lowest BCUT2D eigenvalue weighted by Crippen LogP contribution is -2.16. The molecule has 0 spiro atoms. The molecule has 7 nitrogen and oxygen atoms in total.